The number of nitrogens with one attached hydrogen (secondary N) is 2. The summed E-state index contributed by atoms with van der Waals surface area (Å²) in [7, 11) is -1.70. The Morgan fingerprint density at radius 2 is 1.82 bits per heavy atom. The predicted octanol–water partition coefficient (Wildman–Crippen LogP) is 6.07. The van der Waals surface area contributed by atoms with Gasteiger partial charge in [0.1, 0.15) is 34.1 Å². The third-order valence-corrected chi connectivity index (χ3v) is 10.1. The minimum atomic E-state index is -4.61. The highest BCUT2D eigenvalue weighted by atomic mass is 35.5. The van der Waals surface area contributed by atoms with Gasteiger partial charge in [-0.1, -0.05) is 11.6 Å². The molecule has 0 saturated heterocycles. The number of carbonyl (C=O) groups excluding carboxylic acids is 1. The van der Waals surface area contributed by atoms with Gasteiger partial charge in [-0.05, 0) is 65.8 Å². The molecule has 270 valence electrons. The Kier molecular flexibility index (Phi) is 13.3. The van der Waals surface area contributed by atoms with Crippen molar-refractivity contribution in [2.24, 2.45) is 5.92 Å². The van der Waals surface area contributed by atoms with E-state index in [2.05, 4.69) is 20.0 Å². The van der Waals surface area contributed by atoms with Gasteiger partial charge in [0.15, 0.2) is 0 Å². The van der Waals surface area contributed by atoms with Crippen molar-refractivity contribution >= 4 is 56.2 Å². The molecule has 0 bridgehead atoms. The van der Waals surface area contributed by atoms with Crippen LogP contribution in [0.25, 0.3) is 0 Å². The number of hydrogen-bond acceptors (Lipinski definition) is 11. The average Bonchev–Trinajstić information content (AvgIpc) is 3.54. The van der Waals surface area contributed by atoms with Gasteiger partial charge >= 0.3 is 12.2 Å². The molecule has 0 spiro atoms. The summed E-state index contributed by atoms with van der Waals surface area (Å²) in [5, 5.41) is 15.4. The molecule has 0 saturated carbocycles. The smallest absolute Gasteiger partial charge is 0.407 e. The first-order valence-electron chi connectivity index (χ1n) is 15.1. The SMILES string of the molecule is COc1ccc(CN(c2ncns2)S(=O)(=O)c2cc(Cl)c(NCC(CN(C(=O)O)C(C)C)[C@@H](C)NC(=O)OC(C)(C)C)cc2F)c(OC)c1. The number of anilines is 2. The van der Waals surface area contributed by atoms with E-state index in [1.54, 1.807) is 59.7 Å². The summed E-state index contributed by atoms with van der Waals surface area (Å²) in [6, 6.07) is 5.79. The molecule has 3 aromatic rings. The largest absolute Gasteiger partial charge is 0.497 e. The van der Waals surface area contributed by atoms with Crippen molar-refractivity contribution in [2.75, 3.05) is 36.9 Å². The van der Waals surface area contributed by atoms with E-state index in [1.165, 1.54) is 25.4 Å². The van der Waals surface area contributed by atoms with Crippen molar-refractivity contribution in [2.45, 2.75) is 70.7 Å². The van der Waals surface area contributed by atoms with Crippen LogP contribution in [-0.2, 0) is 21.3 Å². The van der Waals surface area contributed by atoms with Crippen LogP contribution in [0.15, 0.2) is 41.6 Å². The maximum atomic E-state index is 15.8. The van der Waals surface area contributed by atoms with E-state index in [9.17, 15) is 23.1 Å². The lowest BCUT2D eigenvalue weighted by atomic mass is 9.99. The first kappa shape index (κ1) is 39.3. The van der Waals surface area contributed by atoms with Gasteiger partial charge in [-0.2, -0.15) is 4.37 Å². The second kappa shape index (κ2) is 16.5. The summed E-state index contributed by atoms with van der Waals surface area (Å²) < 4.78 is 64.7. The normalized spacial score (nSPS) is 13.0. The van der Waals surface area contributed by atoms with Gasteiger partial charge in [0, 0.05) is 54.3 Å². The number of sulfonamides is 1. The third kappa shape index (κ3) is 10.4. The molecule has 0 aliphatic rings. The van der Waals surface area contributed by atoms with Crippen LogP contribution in [0.2, 0.25) is 5.02 Å². The molecule has 0 radical (unpaired) electrons. The molecule has 1 heterocycles. The number of benzene rings is 2. The highest BCUT2D eigenvalue weighted by Gasteiger charge is 2.33. The summed E-state index contributed by atoms with van der Waals surface area (Å²) in [5.74, 6) is -0.829. The number of ether oxygens (including phenoxy) is 3. The van der Waals surface area contributed by atoms with Crippen LogP contribution in [0.1, 0.15) is 47.1 Å². The predicted molar refractivity (Wildman–Crippen MR) is 185 cm³/mol. The van der Waals surface area contributed by atoms with Crippen LogP contribution in [0.3, 0.4) is 0 Å². The van der Waals surface area contributed by atoms with E-state index < -0.39 is 50.5 Å². The van der Waals surface area contributed by atoms with Crippen LogP contribution in [-0.4, -0.2) is 85.0 Å². The van der Waals surface area contributed by atoms with Gasteiger partial charge in [-0.15, -0.1) is 0 Å². The number of methoxy groups -OCH3 is 2. The molecule has 49 heavy (non-hydrogen) atoms. The van der Waals surface area contributed by atoms with Gasteiger partial charge in [0.2, 0.25) is 5.13 Å². The van der Waals surface area contributed by atoms with E-state index in [1.807, 2.05) is 0 Å². The van der Waals surface area contributed by atoms with Gasteiger partial charge < -0.3 is 34.9 Å². The quantitative estimate of drug-likeness (QED) is 0.165. The second-order valence-electron chi connectivity index (χ2n) is 12.3. The Morgan fingerprint density at radius 3 is 2.37 bits per heavy atom. The van der Waals surface area contributed by atoms with Crippen molar-refractivity contribution < 1.29 is 41.7 Å². The maximum absolute atomic E-state index is 15.8. The van der Waals surface area contributed by atoms with Crippen LogP contribution in [0.5, 0.6) is 11.5 Å². The highest BCUT2D eigenvalue weighted by molar-refractivity contribution is 7.93. The van der Waals surface area contributed by atoms with Gasteiger partial charge in [0.25, 0.3) is 10.0 Å². The zero-order valence-corrected chi connectivity index (χ0v) is 30.9. The minimum absolute atomic E-state index is 0.00480. The number of amides is 2. The molecule has 2 amide bonds. The maximum Gasteiger partial charge on any atom is 0.407 e. The zero-order valence-electron chi connectivity index (χ0n) is 28.5. The molecule has 18 heteroatoms. The topological polar surface area (TPSA) is 173 Å². The number of carboxylic acid groups (broad SMARTS) is 1. The lowest BCUT2D eigenvalue weighted by Crippen LogP contribution is -2.49. The van der Waals surface area contributed by atoms with Crippen molar-refractivity contribution in [3.63, 3.8) is 0 Å². The molecule has 0 fully saturated rings. The monoisotopic (exact) mass is 744 g/mol. The first-order chi connectivity index (χ1) is 22.9. The Morgan fingerprint density at radius 1 is 1.12 bits per heavy atom. The minimum Gasteiger partial charge on any atom is -0.497 e. The van der Waals surface area contributed by atoms with Crippen molar-refractivity contribution in [3.05, 3.63) is 53.1 Å². The van der Waals surface area contributed by atoms with Crippen molar-refractivity contribution in [1.82, 2.24) is 19.6 Å². The number of rotatable bonds is 15. The van der Waals surface area contributed by atoms with E-state index in [-0.39, 0.29) is 41.5 Å². The average molecular weight is 745 g/mol. The van der Waals surface area contributed by atoms with Crippen LogP contribution in [0, 0.1) is 11.7 Å². The summed E-state index contributed by atoms with van der Waals surface area (Å²) in [6.45, 7) is 10.00. The summed E-state index contributed by atoms with van der Waals surface area (Å²) in [5.41, 5.74) is -0.260. The Hall–Kier alpha value is -4.09. The van der Waals surface area contributed by atoms with Crippen molar-refractivity contribution in [3.8, 4) is 11.5 Å². The summed E-state index contributed by atoms with van der Waals surface area (Å²) in [4.78, 5) is 29.0. The first-order valence-corrected chi connectivity index (χ1v) is 17.7. The molecule has 3 N–H and O–H groups in total. The molecule has 14 nitrogen and oxygen atoms in total. The van der Waals surface area contributed by atoms with Gasteiger partial charge in [0.05, 0.1) is 31.5 Å². The van der Waals surface area contributed by atoms with E-state index in [0.717, 1.165) is 28.0 Å². The highest BCUT2D eigenvalue weighted by Crippen LogP contribution is 2.35. The molecule has 1 aromatic heterocycles. The molecule has 0 aliphatic heterocycles. The van der Waals surface area contributed by atoms with Crippen LogP contribution < -0.4 is 24.4 Å². The number of carbonyl (C=O) groups is 2. The molecular weight excluding hydrogens is 703 g/mol. The number of nitrogens with zero attached hydrogens (tertiary/aromatic N) is 4. The molecule has 2 aromatic carbocycles. The fraction of sp³-hybridized carbons (Fsp3) is 0.484. The van der Waals surface area contributed by atoms with Crippen molar-refractivity contribution in [1.29, 1.82) is 0 Å². The van der Waals surface area contributed by atoms with E-state index >= 15 is 4.39 Å². The van der Waals surface area contributed by atoms with Gasteiger partial charge in [-0.25, -0.2) is 31.7 Å². The number of aromatic nitrogens is 2. The lowest BCUT2D eigenvalue weighted by Gasteiger charge is -2.33. The van der Waals surface area contributed by atoms with E-state index in [0.29, 0.717) is 17.1 Å². The van der Waals surface area contributed by atoms with Crippen LogP contribution >= 0.6 is 23.1 Å². The number of alkyl carbamates (subject to hydrolysis) is 1. The molecule has 2 atom stereocenters. The third-order valence-electron chi connectivity index (χ3n) is 7.27. The number of halogens is 2. The Balaban J connectivity index is 1.93. The molecular formula is C31H42ClFN6O8S2. The standard InChI is InChI=1S/C31H42ClFN6O8S2/c1-18(2)38(30(41)42)15-21(19(3)37-29(40)47-31(4,5)6)14-34-25-13-24(33)27(12-23(25)32)49(43,44)39(28-35-17-36-48-28)16-20-9-10-22(45-7)11-26(20)46-8/h9-13,17-19,21,34H,14-16H2,1-8H3,(H,37,40)(H,41,42)/t19-,21?/m1/s1. The molecule has 0 aliphatic carbocycles. The second-order valence-corrected chi connectivity index (χ2v) is 15.3. The van der Waals surface area contributed by atoms with Gasteiger partial charge in [-0.3, -0.25) is 0 Å². The lowest BCUT2D eigenvalue weighted by molar-refractivity contribution is 0.0484. The summed E-state index contributed by atoms with van der Waals surface area (Å²) >= 11 is 7.34. The Labute approximate surface area is 294 Å². The fourth-order valence-electron chi connectivity index (χ4n) is 4.66. The van der Waals surface area contributed by atoms with Crippen LogP contribution in [0.4, 0.5) is 24.8 Å². The summed E-state index contributed by atoms with van der Waals surface area (Å²) in [6.07, 6.45) is -0.665. The van der Waals surface area contributed by atoms with E-state index in [4.69, 9.17) is 25.8 Å². The molecule has 3 rings (SSSR count). The Bertz CT molecular complexity index is 1710. The zero-order chi connectivity index (χ0) is 36.7. The molecule has 1 unspecified atom stereocenters. The fourth-order valence-corrected chi connectivity index (χ4v) is 7.16. The number of hydrogen-bond donors (Lipinski definition) is 3.